The van der Waals surface area contributed by atoms with Gasteiger partial charge in [-0.2, -0.15) is 0 Å². The first-order valence-corrected chi connectivity index (χ1v) is 11.9. The fraction of sp³-hybridized carbons (Fsp3) is 0.619. The molecule has 0 spiro atoms. The number of nitrogens with zero attached hydrogens (tertiary/aromatic N) is 2. The lowest BCUT2D eigenvalue weighted by Crippen LogP contribution is -2.44. The van der Waals surface area contributed by atoms with Crippen LogP contribution in [-0.2, 0) is 14.8 Å². The van der Waals surface area contributed by atoms with Gasteiger partial charge in [0.15, 0.2) is 0 Å². The van der Waals surface area contributed by atoms with E-state index in [0.717, 1.165) is 19.4 Å². The molecule has 162 valence electrons. The lowest BCUT2D eigenvalue weighted by atomic mass is 10.1. The van der Waals surface area contributed by atoms with Crippen LogP contribution in [-0.4, -0.2) is 56.3 Å². The standard InChI is InChI=1S/C21H34N4O3S/c1-6-7-11-18(21(26)22-13-14-25(15(2)3)16(4)5)23-20-17-10-8-9-12-19(17)29(27,28)24-20/h8-10,12,15-16,18H,6-7,11,13-14H2,1-5H3,(H,22,26)(H,23,24). The van der Waals surface area contributed by atoms with Gasteiger partial charge < -0.3 is 5.32 Å². The summed E-state index contributed by atoms with van der Waals surface area (Å²) in [6.07, 6.45) is 2.35. The van der Waals surface area contributed by atoms with Gasteiger partial charge in [-0.1, -0.05) is 31.9 Å². The first-order valence-electron chi connectivity index (χ1n) is 10.4. The number of amides is 1. The van der Waals surface area contributed by atoms with Crippen molar-refractivity contribution in [1.82, 2.24) is 14.9 Å². The molecule has 0 fully saturated rings. The summed E-state index contributed by atoms with van der Waals surface area (Å²) in [6.45, 7) is 11.9. The average Bonchev–Trinajstić information content (AvgIpc) is 2.92. The lowest BCUT2D eigenvalue weighted by Gasteiger charge is -2.30. The van der Waals surface area contributed by atoms with Crippen molar-refractivity contribution in [3.8, 4) is 0 Å². The highest BCUT2D eigenvalue weighted by Crippen LogP contribution is 2.23. The number of sulfonamides is 1. The third kappa shape index (κ3) is 6.02. The van der Waals surface area contributed by atoms with E-state index in [0.29, 0.717) is 30.6 Å². The Morgan fingerprint density at radius 1 is 1.17 bits per heavy atom. The van der Waals surface area contributed by atoms with E-state index >= 15 is 0 Å². The minimum Gasteiger partial charge on any atom is -0.353 e. The Morgan fingerprint density at radius 3 is 2.45 bits per heavy atom. The average molecular weight is 423 g/mol. The molecule has 29 heavy (non-hydrogen) atoms. The Kier molecular flexibility index (Phi) is 8.22. The minimum absolute atomic E-state index is 0.165. The fourth-order valence-electron chi connectivity index (χ4n) is 3.58. The monoisotopic (exact) mass is 422 g/mol. The van der Waals surface area contributed by atoms with Gasteiger partial charge in [-0.25, -0.2) is 8.42 Å². The van der Waals surface area contributed by atoms with E-state index in [1.165, 1.54) is 0 Å². The van der Waals surface area contributed by atoms with Gasteiger partial charge in [0, 0.05) is 30.7 Å². The number of hydrogen-bond acceptors (Lipinski definition) is 5. The molecule has 1 amide bonds. The summed E-state index contributed by atoms with van der Waals surface area (Å²) in [7, 11) is -3.61. The maximum atomic E-state index is 12.8. The smallest absolute Gasteiger partial charge is 0.263 e. The second-order valence-electron chi connectivity index (χ2n) is 7.95. The van der Waals surface area contributed by atoms with E-state index in [4.69, 9.17) is 0 Å². The summed E-state index contributed by atoms with van der Waals surface area (Å²) in [5, 5.41) is 2.99. The molecule has 1 aliphatic rings. The molecular weight excluding hydrogens is 388 g/mol. The van der Waals surface area contributed by atoms with Crippen LogP contribution in [0, 0.1) is 0 Å². The number of rotatable bonds is 10. The van der Waals surface area contributed by atoms with Crippen LogP contribution >= 0.6 is 0 Å². The van der Waals surface area contributed by atoms with E-state index in [1.54, 1.807) is 24.3 Å². The molecule has 2 rings (SSSR count). The van der Waals surface area contributed by atoms with Gasteiger partial charge in [-0.3, -0.25) is 19.4 Å². The van der Waals surface area contributed by atoms with Crippen LogP contribution in [0.2, 0.25) is 0 Å². The Balaban J connectivity index is 2.13. The number of aliphatic imine (C=N–C) groups is 1. The van der Waals surface area contributed by atoms with E-state index in [9.17, 15) is 13.2 Å². The summed E-state index contributed by atoms with van der Waals surface area (Å²) in [5.41, 5.74) is 0.521. The Hall–Kier alpha value is -1.93. The second-order valence-corrected chi connectivity index (χ2v) is 9.60. The number of carbonyl (C=O) groups is 1. The van der Waals surface area contributed by atoms with E-state index in [2.05, 4.69) is 54.5 Å². The van der Waals surface area contributed by atoms with Crippen molar-refractivity contribution in [3.05, 3.63) is 29.8 Å². The van der Waals surface area contributed by atoms with Gasteiger partial charge in [-0.05, 0) is 46.2 Å². The number of hydrogen-bond donors (Lipinski definition) is 2. The summed E-state index contributed by atoms with van der Waals surface area (Å²) >= 11 is 0. The number of carbonyl (C=O) groups excluding carboxylic acids is 1. The van der Waals surface area contributed by atoms with Gasteiger partial charge in [0.05, 0.1) is 4.90 Å². The molecule has 1 aromatic rings. The minimum atomic E-state index is -3.61. The van der Waals surface area contributed by atoms with E-state index < -0.39 is 16.1 Å². The molecule has 1 aliphatic heterocycles. The van der Waals surface area contributed by atoms with Gasteiger partial charge in [0.2, 0.25) is 5.91 Å². The Morgan fingerprint density at radius 2 is 1.83 bits per heavy atom. The summed E-state index contributed by atoms with van der Waals surface area (Å²) in [5.74, 6) is 0.0878. The highest BCUT2D eigenvalue weighted by molar-refractivity contribution is 7.90. The van der Waals surface area contributed by atoms with E-state index in [1.807, 2.05) is 0 Å². The molecule has 1 heterocycles. The first kappa shape index (κ1) is 23.3. The van der Waals surface area contributed by atoms with Crippen molar-refractivity contribution in [2.75, 3.05) is 13.1 Å². The molecule has 0 saturated heterocycles. The molecule has 2 N–H and O–H groups in total. The molecule has 0 bridgehead atoms. The van der Waals surface area contributed by atoms with Crippen LogP contribution in [0.25, 0.3) is 0 Å². The molecule has 1 atom stereocenters. The third-order valence-corrected chi connectivity index (χ3v) is 6.47. The summed E-state index contributed by atoms with van der Waals surface area (Å²) < 4.78 is 27.1. The van der Waals surface area contributed by atoms with Crippen LogP contribution in [0.5, 0.6) is 0 Å². The first-order chi connectivity index (χ1) is 13.7. The highest BCUT2D eigenvalue weighted by atomic mass is 32.2. The fourth-order valence-corrected chi connectivity index (χ4v) is 4.82. The molecule has 0 saturated carbocycles. The number of fused-ring (bicyclic) bond motifs is 1. The largest absolute Gasteiger partial charge is 0.353 e. The zero-order chi connectivity index (χ0) is 21.6. The van der Waals surface area contributed by atoms with Crippen molar-refractivity contribution in [1.29, 1.82) is 0 Å². The molecule has 0 aromatic heterocycles. The van der Waals surface area contributed by atoms with Gasteiger partial charge >= 0.3 is 0 Å². The Labute approximate surface area is 175 Å². The molecule has 7 nitrogen and oxygen atoms in total. The van der Waals surface area contributed by atoms with Crippen LogP contribution in [0.15, 0.2) is 34.2 Å². The molecule has 1 unspecified atom stereocenters. The second kappa shape index (κ2) is 10.2. The molecule has 0 aliphatic carbocycles. The van der Waals surface area contributed by atoms with Crippen LogP contribution in [0.3, 0.4) is 0 Å². The maximum Gasteiger partial charge on any atom is 0.263 e. The molecule has 8 heteroatoms. The van der Waals surface area contributed by atoms with Crippen molar-refractivity contribution in [2.45, 2.75) is 76.9 Å². The van der Waals surface area contributed by atoms with Crippen LogP contribution in [0.4, 0.5) is 0 Å². The van der Waals surface area contributed by atoms with E-state index in [-0.39, 0.29) is 16.6 Å². The zero-order valence-corrected chi connectivity index (χ0v) is 18.9. The highest BCUT2D eigenvalue weighted by Gasteiger charge is 2.31. The molecule has 1 aromatic carbocycles. The molecular formula is C21H34N4O3S. The number of nitrogens with one attached hydrogen (secondary N) is 2. The summed E-state index contributed by atoms with van der Waals surface area (Å²) in [4.78, 5) is 19.9. The topological polar surface area (TPSA) is 90.9 Å². The number of unbranched alkanes of at least 4 members (excludes halogenated alkanes) is 1. The van der Waals surface area contributed by atoms with Crippen LogP contribution < -0.4 is 10.0 Å². The predicted molar refractivity (Wildman–Crippen MR) is 117 cm³/mol. The maximum absolute atomic E-state index is 12.8. The molecule has 0 radical (unpaired) electrons. The SMILES string of the molecule is CCCCC(N=C1NS(=O)(=O)c2ccccc21)C(=O)NCCN(C(C)C)C(C)C. The van der Waals surface area contributed by atoms with Gasteiger partial charge in [0.25, 0.3) is 10.0 Å². The van der Waals surface area contributed by atoms with Crippen molar-refractivity contribution < 1.29 is 13.2 Å². The predicted octanol–water partition coefficient (Wildman–Crippen LogP) is 2.52. The van der Waals surface area contributed by atoms with Crippen LogP contribution in [0.1, 0.15) is 59.4 Å². The van der Waals surface area contributed by atoms with Crippen molar-refractivity contribution >= 4 is 21.8 Å². The number of amidine groups is 1. The quantitative estimate of drug-likeness (QED) is 0.606. The van der Waals surface area contributed by atoms with Crippen molar-refractivity contribution in [3.63, 3.8) is 0 Å². The Bertz CT molecular complexity index is 826. The van der Waals surface area contributed by atoms with Gasteiger partial charge in [-0.15, -0.1) is 0 Å². The summed E-state index contributed by atoms with van der Waals surface area (Å²) in [6, 6.07) is 6.88. The normalized spacial score (nSPS) is 17.6. The van der Waals surface area contributed by atoms with Crippen molar-refractivity contribution in [2.24, 2.45) is 4.99 Å². The number of benzene rings is 1. The van der Waals surface area contributed by atoms with Gasteiger partial charge in [0.1, 0.15) is 11.9 Å². The zero-order valence-electron chi connectivity index (χ0n) is 18.1. The lowest BCUT2D eigenvalue weighted by molar-refractivity contribution is -0.122. The third-order valence-electron chi connectivity index (χ3n) is 5.08.